The van der Waals surface area contributed by atoms with E-state index in [-0.39, 0.29) is 22.8 Å². The molecule has 0 saturated heterocycles. The van der Waals surface area contributed by atoms with Gasteiger partial charge in [0, 0.05) is 17.8 Å². The molecule has 2 aromatic rings. The Morgan fingerprint density at radius 3 is 2.86 bits per heavy atom. The lowest BCUT2D eigenvalue weighted by Crippen LogP contribution is -2.16. The predicted octanol–water partition coefficient (Wildman–Crippen LogP) is 2.28. The molecule has 1 aromatic heterocycles. The summed E-state index contributed by atoms with van der Waals surface area (Å²) in [7, 11) is 0. The first-order valence-electron chi connectivity index (χ1n) is 6.26. The fraction of sp³-hybridized carbons (Fsp3) is 0.231. The monoisotopic (exact) mass is 290 g/mol. The maximum atomic E-state index is 12.3. The predicted molar refractivity (Wildman–Crippen MR) is 75.5 cm³/mol. The molecule has 1 aromatic carbocycles. The normalized spacial score (nSPS) is 10.2. The number of H-pyrrole nitrogens is 1. The first kappa shape index (κ1) is 14.5. The highest BCUT2D eigenvalue weighted by Gasteiger charge is 2.25. The molecule has 0 fully saturated rings. The van der Waals surface area contributed by atoms with E-state index in [0.29, 0.717) is 6.61 Å². The van der Waals surface area contributed by atoms with E-state index in [9.17, 15) is 14.9 Å². The molecule has 0 aliphatic carbocycles. The number of ether oxygens (including phenoxy) is 1. The topological polar surface area (TPSA) is 110 Å². The molecule has 1 heterocycles. The Morgan fingerprint density at radius 2 is 2.29 bits per heavy atom. The summed E-state index contributed by atoms with van der Waals surface area (Å²) in [4.78, 5) is 22.8. The fourth-order valence-corrected chi connectivity index (χ4v) is 1.84. The molecule has 110 valence electrons. The number of hydrogen-bond acceptors (Lipinski definition) is 5. The average molecular weight is 290 g/mol. The van der Waals surface area contributed by atoms with Crippen LogP contribution in [0.15, 0.2) is 24.3 Å². The SMILES string of the molecule is CCOc1cccc([N+](=O)[O-])c1C(=O)Nc1cc(C)[nH]n1. The van der Waals surface area contributed by atoms with E-state index >= 15 is 0 Å². The number of nitro groups is 1. The summed E-state index contributed by atoms with van der Waals surface area (Å²) in [5.74, 6) is -0.188. The van der Waals surface area contributed by atoms with Gasteiger partial charge in [-0.25, -0.2) is 0 Å². The van der Waals surface area contributed by atoms with E-state index in [1.54, 1.807) is 19.9 Å². The van der Waals surface area contributed by atoms with Gasteiger partial charge < -0.3 is 10.1 Å². The van der Waals surface area contributed by atoms with Gasteiger partial charge in [-0.15, -0.1) is 0 Å². The lowest BCUT2D eigenvalue weighted by molar-refractivity contribution is -0.385. The van der Waals surface area contributed by atoms with Crippen LogP contribution in [0.2, 0.25) is 0 Å². The third kappa shape index (κ3) is 3.16. The molecule has 0 aliphatic heterocycles. The molecule has 2 rings (SSSR count). The Morgan fingerprint density at radius 1 is 1.52 bits per heavy atom. The largest absolute Gasteiger partial charge is 0.493 e. The molecule has 21 heavy (non-hydrogen) atoms. The summed E-state index contributed by atoms with van der Waals surface area (Å²) in [6, 6.07) is 5.86. The number of nitrogens with zero attached hydrogens (tertiary/aromatic N) is 2. The molecular formula is C13H14N4O4. The van der Waals surface area contributed by atoms with Crippen LogP contribution in [-0.2, 0) is 0 Å². The number of benzene rings is 1. The highest BCUT2D eigenvalue weighted by Crippen LogP contribution is 2.29. The summed E-state index contributed by atoms with van der Waals surface area (Å²) in [5.41, 5.74) is 0.327. The molecular weight excluding hydrogens is 276 g/mol. The van der Waals surface area contributed by atoms with Crippen molar-refractivity contribution in [1.29, 1.82) is 0 Å². The van der Waals surface area contributed by atoms with Crippen LogP contribution in [-0.4, -0.2) is 27.6 Å². The van der Waals surface area contributed by atoms with E-state index in [4.69, 9.17) is 4.74 Å². The zero-order chi connectivity index (χ0) is 15.4. The molecule has 0 atom stereocenters. The first-order valence-corrected chi connectivity index (χ1v) is 6.26. The van der Waals surface area contributed by atoms with Gasteiger partial charge in [-0.3, -0.25) is 20.0 Å². The van der Waals surface area contributed by atoms with Crippen LogP contribution < -0.4 is 10.1 Å². The van der Waals surface area contributed by atoms with Crippen molar-refractivity contribution in [2.24, 2.45) is 0 Å². The molecule has 0 radical (unpaired) electrons. The van der Waals surface area contributed by atoms with Crippen LogP contribution in [0.3, 0.4) is 0 Å². The highest BCUT2D eigenvalue weighted by molar-refractivity contribution is 6.08. The standard InChI is InChI=1S/C13H14N4O4/c1-3-21-10-6-4-5-9(17(19)20)12(10)13(18)14-11-7-8(2)15-16-11/h4-7H,3H2,1-2H3,(H2,14,15,16,18). The Kier molecular flexibility index (Phi) is 4.17. The van der Waals surface area contributed by atoms with Crippen LogP contribution in [0.1, 0.15) is 23.0 Å². The number of carbonyl (C=O) groups is 1. The number of carbonyl (C=O) groups excluding carboxylic acids is 1. The number of nitrogens with one attached hydrogen (secondary N) is 2. The molecule has 8 heteroatoms. The first-order chi connectivity index (χ1) is 10.0. The van der Waals surface area contributed by atoms with Crippen molar-refractivity contribution in [3.05, 3.63) is 45.6 Å². The zero-order valence-corrected chi connectivity index (χ0v) is 11.5. The van der Waals surface area contributed by atoms with Gasteiger partial charge >= 0.3 is 0 Å². The van der Waals surface area contributed by atoms with E-state index in [0.717, 1.165) is 5.69 Å². The van der Waals surface area contributed by atoms with Gasteiger partial charge in [0.25, 0.3) is 11.6 Å². The minimum Gasteiger partial charge on any atom is -0.493 e. The number of hydrogen-bond donors (Lipinski definition) is 2. The maximum Gasteiger partial charge on any atom is 0.285 e. The third-order valence-electron chi connectivity index (χ3n) is 2.68. The third-order valence-corrected chi connectivity index (χ3v) is 2.68. The minimum atomic E-state index is -0.641. The minimum absolute atomic E-state index is 0.120. The van der Waals surface area contributed by atoms with Gasteiger partial charge in [0.1, 0.15) is 5.75 Å². The van der Waals surface area contributed by atoms with Crippen molar-refractivity contribution in [3.8, 4) is 5.75 Å². The molecule has 0 unspecified atom stereocenters. The fourth-order valence-electron chi connectivity index (χ4n) is 1.84. The van der Waals surface area contributed by atoms with E-state index in [1.165, 1.54) is 18.2 Å². The van der Waals surface area contributed by atoms with Crippen molar-refractivity contribution in [1.82, 2.24) is 10.2 Å². The van der Waals surface area contributed by atoms with E-state index < -0.39 is 10.8 Å². The van der Waals surface area contributed by atoms with Gasteiger partial charge in [-0.1, -0.05) is 6.07 Å². The van der Waals surface area contributed by atoms with Gasteiger partial charge in [-0.05, 0) is 19.9 Å². The molecule has 2 N–H and O–H groups in total. The second kappa shape index (κ2) is 6.04. The summed E-state index contributed by atoms with van der Waals surface area (Å²) < 4.78 is 5.30. The van der Waals surface area contributed by atoms with Crippen molar-refractivity contribution in [2.75, 3.05) is 11.9 Å². The van der Waals surface area contributed by atoms with Gasteiger partial charge in [0.15, 0.2) is 11.4 Å². The Hall–Kier alpha value is -2.90. The number of aromatic nitrogens is 2. The lowest BCUT2D eigenvalue weighted by Gasteiger charge is -2.09. The van der Waals surface area contributed by atoms with E-state index in [1.807, 2.05) is 0 Å². The second-order valence-corrected chi connectivity index (χ2v) is 4.23. The number of anilines is 1. The Balaban J connectivity index is 2.39. The Labute approximate surface area is 120 Å². The Bertz CT molecular complexity index is 681. The van der Waals surface area contributed by atoms with Gasteiger partial charge in [-0.2, -0.15) is 5.10 Å². The van der Waals surface area contributed by atoms with Crippen LogP contribution in [0, 0.1) is 17.0 Å². The lowest BCUT2D eigenvalue weighted by atomic mass is 10.1. The number of nitro benzene ring substituents is 1. The molecule has 0 aliphatic rings. The molecule has 1 amide bonds. The van der Waals surface area contributed by atoms with Crippen LogP contribution in [0.25, 0.3) is 0 Å². The average Bonchev–Trinajstić information content (AvgIpc) is 2.84. The summed E-state index contributed by atoms with van der Waals surface area (Å²) >= 11 is 0. The molecule has 8 nitrogen and oxygen atoms in total. The van der Waals surface area contributed by atoms with Crippen molar-refractivity contribution >= 4 is 17.4 Å². The zero-order valence-electron chi connectivity index (χ0n) is 11.5. The van der Waals surface area contributed by atoms with Crippen molar-refractivity contribution in [2.45, 2.75) is 13.8 Å². The molecule has 0 spiro atoms. The number of aromatic amines is 1. The summed E-state index contributed by atoms with van der Waals surface area (Å²) in [5, 5.41) is 20.1. The van der Waals surface area contributed by atoms with Crippen molar-refractivity contribution < 1.29 is 14.5 Å². The van der Waals surface area contributed by atoms with Crippen LogP contribution >= 0.6 is 0 Å². The van der Waals surface area contributed by atoms with E-state index in [2.05, 4.69) is 15.5 Å². The maximum absolute atomic E-state index is 12.3. The number of amides is 1. The van der Waals surface area contributed by atoms with Crippen molar-refractivity contribution in [3.63, 3.8) is 0 Å². The number of aryl methyl sites for hydroxylation is 1. The molecule has 0 bridgehead atoms. The quantitative estimate of drug-likeness (QED) is 0.648. The summed E-state index contributed by atoms with van der Waals surface area (Å²) in [6.07, 6.45) is 0. The van der Waals surface area contributed by atoms with Gasteiger partial charge in [0.2, 0.25) is 0 Å². The van der Waals surface area contributed by atoms with Gasteiger partial charge in [0.05, 0.1) is 11.5 Å². The molecule has 0 saturated carbocycles. The van der Waals surface area contributed by atoms with Crippen LogP contribution in [0.5, 0.6) is 5.75 Å². The highest BCUT2D eigenvalue weighted by atomic mass is 16.6. The summed E-state index contributed by atoms with van der Waals surface area (Å²) in [6.45, 7) is 3.81. The number of rotatable bonds is 5. The smallest absolute Gasteiger partial charge is 0.285 e. The van der Waals surface area contributed by atoms with Crippen LogP contribution in [0.4, 0.5) is 11.5 Å². The second-order valence-electron chi connectivity index (χ2n) is 4.23.